The van der Waals surface area contributed by atoms with Crippen molar-refractivity contribution in [3.05, 3.63) is 78.0 Å². The summed E-state index contributed by atoms with van der Waals surface area (Å²) in [5.41, 5.74) is 1.63. The molecule has 2 aliphatic heterocycles. The Hall–Kier alpha value is -3.25. The van der Waals surface area contributed by atoms with E-state index in [-0.39, 0.29) is 24.5 Å². The highest BCUT2D eigenvalue weighted by Crippen LogP contribution is 2.37. The van der Waals surface area contributed by atoms with Gasteiger partial charge in [0.05, 0.1) is 11.1 Å². The maximum atomic E-state index is 13.1. The van der Waals surface area contributed by atoms with Crippen LogP contribution >= 0.6 is 0 Å². The number of likely N-dealkylation sites (tertiary alicyclic amines) is 1. The molecule has 2 aliphatic rings. The topological polar surface area (TPSA) is 71.5 Å². The summed E-state index contributed by atoms with van der Waals surface area (Å²) in [5, 5.41) is 4.16. The van der Waals surface area contributed by atoms with E-state index in [1.807, 2.05) is 60.7 Å². The van der Waals surface area contributed by atoms with E-state index in [4.69, 9.17) is 4.74 Å². The van der Waals surface area contributed by atoms with Gasteiger partial charge >= 0.3 is 0 Å². The lowest BCUT2D eigenvalue weighted by Crippen LogP contribution is -2.67. The molecule has 5 rings (SSSR count). The molecule has 146 valence electrons. The van der Waals surface area contributed by atoms with Crippen molar-refractivity contribution in [2.45, 2.75) is 18.1 Å². The second-order valence-electron chi connectivity index (χ2n) is 7.58. The number of nitrogens with zero attached hydrogens (tertiary/aromatic N) is 2. The SMILES string of the molecule is O=C1CO[C@@H]2CN(C(=O)c3ccc4ccccc4n3)CC[C@@]2(c2ccccc2)N1. The predicted molar refractivity (Wildman–Crippen MR) is 108 cm³/mol. The highest BCUT2D eigenvalue weighted by atomic mass is 16.5. The number of carbonyl (C=O) groups excluding carboxylic acids is 2. The predicted octanol–water partition coefficient (Wildman–Crippen LogP) is 2.49. The highest BCUT2D eigenvalue weighted by Gasteiger charge is 2.49. The van der Waals surface area contributed by atoms with E-state index in [0.29, 0.717) is 25.2 Å². The molecular formula is C23H21N3O3. The van der Waals surface area contributed by atoms with Gasteiger partial charge in [0.2, 0.25) is 5.91 Å². The number of nitrogens with one attached hydrogen (secondary N) is 1. The van der Waals surface area contributed by atoms with Gasteiger partial charge in [-0.25, -0.2) is 4.98 Å². The first-order valence-electron chi connectivity index (χ1n) is 9.79. The molecule has 0 saturated carbocycles. The molecule has 2 amide bonds. The lowest BCUT2D eigenvalue weighted by Gasteiger charge is -2.50. The quantitative estimate of drug-likeness (QED) is 0.733. The van der Waals surface area contributed by atoms with Crippen LogP contribution in [0.3, 0.4) is 0 Å². The van der Waals surface area contributed by atoms with Crippen molar-refractivity contribution in [2.75, 3.05) is 19.7 Å². The Morgan fingerprint density at radius 1 is 1.07 bits per heavy atom. The van der Waals surface area contributed by atoms with Gasteiger partial charge in [0.25, 0.3) is 5.91 Å². The Labute approximate surface area is 168 Å². The summed E-state index contributed by atoms with van der Waals surface area (Å²) >= 11 is 0. The number of morpholine rings is 1. The van der Waals surface area contributed by atoms with Gasteiger partial charge in [-0.1, -0.05) is 54.6 Å². The van der Waals surface area contributed by atoms with E-state index >= 15 is 0 Å². The molecule has 0 spiro atoms. The van der Waals surface area contributed by atoms with Gasteiger partial charge in [-0.05, 0) is 24.1 Å². The van der Waals surface area contributed by atoms with Crippen LogP contribution in [0.15, 0.2) is 66.7 Å². The molecule has 3 aromatic rings. The first kappa shape index (κ1) is 17.8. The van der Waals surface area contributed by atoms with Crippen LogP contribution in [0.25, 0.3) is 10.9 Å². The number of rotatable bonds is 2. The number of piperidine rings is 1. The molecule has 6 nitrogen and oxygen atoms in total. The number of hydrogen-bond acceptors (Lipinski definition) is 4. The molecule has 1 aromatic heterocycles. The van der Waals surface area contributed by atoms with Crippen LogP contribution in [0.2, 0.25) is 0 Å². The molecule has 0 radical (unpaired) electrons. The summed E-state index contributed by atoms with van der Waals surface area (Å²) in [6, 6.07) is 21.3. The van der Waals surface area contributed by atoms with Gasteiger partial charge in [-0.2, -0.15) is 0 Å². The normalized spacial score (nSPS) is 24.1. The van der Waals surface area contributed by atoms with Gasteiger partial charge in [-0.3, -0.25) is 9.59 Å². The van der Waals surface area contributed by atoms with Crippen molar-refractivity contribution < 1.29 is 14.3 Å². The van der Waals surface area contributed by atoms with Gasteiger partial charge in [0, 0.05) is 18.5 Å². The summed E-state index contributed by atoms with van der Waals surface area (Å²) < 4.78 is 5.91. The van der Waals surface area contributed by atoms with Gasteiger partial charge < -0.3 is 15.0 Å². The zero-order valence-electron chi connectivity index (χ0n) is 15.9. The number of ether oxygens (including phenoxy) is 1. The molecule has 0 bridgehead atoms. The van der Waals surface area contributed by atoms with Crippen LogP contribution in [0, 0.1) is 0 Å². The van der Waals surface area contributed by atoms with E-state index in [9.17, 15) is 9.59 Å². The standard InChI is InChI=1S/C23H21N3O3/c27-21-15-29-20-14-26(13-12-23(20,25-21)17-7-2-1-3-8-17)22(28)19-11-10-16-6-4-5-9-18(16)24-19/h1-11,20H,12-15H2,(H,25,27)/t20-,23+/m1/s1. The number of benzene rings is 2. The van der Waals surface area contributed by atoms with E-state index in [1.54, 1.807) is 11.0 Å². The van der Waals surface area contributed by atoms with E-state index in [0.717, 1.165) is 16.5 Å². The molecule has 1 N–H and O–H groups in total. The summed E-state index contributed by atoms with van der Waals surface area (Å²) in [4.78, 5) is 31.6. The smallest absolute Gasteiger partial charge is 0.272 e. The number of para-hydroxylation sites is 1. The molecule has 2 saturated heterocycles. The molecule has 2 aromatic carbocycles. The van der Waals surface area contributed by atoms with Crippen molar-refractivity contribution in [2.24, 2.45) is 0 Å². The van der Waals surface area contributed by atoms with Crippen molar-refractivity contribution in [1.29, 1.82) is 0 Å². The van der Waals surface area contributed by atoms with Crippen LogP contribution in [-0.2, 0) is 15.1 Å². The van der Waals surface area contributed by atoms with E-state index in [1.165, 1.54) is 0 Å². The molecule has 6 heteroatoms. The van der Waals surface area contributed by atoms with Crippen molar-refractivity contribution >= 4 is 22.7 Å². The third-order valence-electron chi connectivity index (χ3n) is 5.88. The number of amides is 2. The number of carbonyl (C=O) groups is 2. The molecule has 0 unspecified atom stereocenters. The zero-order chi connectivity index (χ0) is 19.8. The molecule has 2 fully saturated rings. The minimum absolute atomic E-state index is 0.00943. The largest absolute Gasteiger partial charge is 0.364 e. The fraction of sp³-hybridized carbons (Fsp3) is 0.261. The summed E-state index contributed by atoms with van der Waals surface area (Å²) in [6.07, 6.45) is 0.285. The van der Waals surface area contributed by atoms with Crippen molar-refractivity contribution in [1.82, 2.24) is 15.2 Å². The van der Waals surface area contributed by atoms with Gasteiger partial charge in [-0.15, -0.1) is 0 Å². The first-order valence-corrected chi connectivity index (χ1v) is 9.79. The van der Waals surface area contributed by atoms with Crippen LogP contribution < -0.4 is 5.32 Å². The van der Waals surface area contributed by atoms with Gasteiger partial charge in [0.1, 0.15) is 18.4 Å². The fourth-order valence-corrected chi connectivity index (χ4v) is 4.39. The monoisotopic (exact) mass is 387 g/mol. The van der Waals surface area contributed by atoms with Crippen molar-refractivity contribution in [3.8, 4) is 0 Å². The fourth-order valence-electron chi connectivity index (χ4n) is 4.39. The van der Waals surface area contributed by atoms with E-state index < -0.39 is 5.54 Å². The second-order valence-corrected chi connectivity index (χ2v) is 7.58. The van der Waals surface area contributed by atoms with Crippen molar-refractivity contribution in [3.63, 3.8) is 0 Å². The van der Waals surface area contributed by atoms with Crippen LogP contribution in [0.1, 0.15) is 22.5 Å². The average molecular weight is 387 g/mol. The number of pyridine rings is 1. The first-order chi connectivity index (χ1) is 14.2. The Balaban J connectivity index is 1.43. The number of hydrogen-bond donors (Lipinski definition) is 1. The minimum atomic E-state index is -0.607. The maximum Gasteiger partial charge on any atom is 0.272 e. The third-order valence-corrected chi connectivity index (χ3v) is 5.88. The summed E-state index contributed by atoms with van der Waals surface area (Å²) in [6.45, 7) is 0.931. The highest BCUT2D eigenvalue weighted by molar-refractivity contribution is 5.95. The summed E-state index contributed by atoms with van der Waals surface area (Å²) in [7, 11) is 0. The maximum absolute atomic E-state index is 13.1. The Kier molecular flexibility index (Phi) is 4.28. The Morgan fingerprint density at radius 3 is 2.72 bits per heavy atom. The average Bonchev–Trinajstić information content (AvgIpc) is 2.78. The molecule has 29 heavy (non-hydrogen) atoms. The molecule has 2 atom stereocenters. The third kappa shape index (κ3) is 3.06. The number of aromatic nitrogens is 1. The van der Waals surface area contributed by atoms with E-state index in [2.05, 4.69) is 10.3 Å². The lowest BCUT2D eigenvalue weighted by atomic mass is 9.77. The van der Waals surface area contributed by atoms with Crippen LogP contribution in [0.4, 0.5) is 0 Å². The Bertz CT molecular complexity index is 1080. The number of fused-ring (bicyclic) bond motifs is 2. The minimum Gasteiger partial charge on any atom is -0.364 e. The second kappa shape index (κ2) is 6.97. The summed E-state index contributed by atoms with van der Waals surface area (Å²) in [5.74, 6) is -0.237. The molecule has 0 aliphatic carbocycles. The molecular weight excluding hydrogens is 366 g/mol. The zero-order valence-corrected chi connectivity index (χ0v) is 15.9. The Morgan fingerprint density at radius 2 is 1.86 bits per heavy atom. The van der Waals surface area contributed by atoms with Crippen LogP contribution in [-0.4, -0.2) is 47.5 Å². The van der Waals surface area contributed by atoms with Crippen LogP contribution in [0.5, 0.6) is 0 Å². The van der Waals surface area contributed by atoms with Gasteiger partial charge in [0.15, 0.2) is 0 Å². The lowest BCUT2D eigenvalue weighted by molar-refractivity contribution is -0.150. The molecule has 3 heterocycles.